The Hall–Kier alpha value is -1.37. The highest BCUT2D eigenvalue weighted by Crippen LogP contribution is 2.31. The SMILES string of the molecule is Nc1ccc2cc(I)ccc2c1[N+](=O)[O-]. The van der Waals surface area contributed by atoms with Crippen LogP contribution in [0.1, 0.15) is 0 Å². The molecule has 0 amide bonds. The zero-order valence-electron chi connectivity index (χ0n) is 7.61. The van der Waals surface area contributed by atoms with Crippen molar-refractivity contribution in [3.05, 3.63) is 44.0 Å². The van der Waals surface area contributed by atoms with Crippen molar-refractivity contribution in [1.29, 1.82) is 0 Å². The lowest BCUT2D eigenvalue weighted by molar-refractivity contribution is -0.382. The quantitative estimate of drug-likeness (QED) is 0.381. The fourth-order valence-corrected chi connectivity index (χ4v) is 2.02. The van der Waals surface area contributed by atoms with Crippen LogP contribution in [-0.2, 0) is 0 Å². The summed E-state index contributed by atoms with van der Waals surface area (Å²) in [7, 11) is 0. The molecule has 0 heterocycles. The van der Waals surface area contributed by atoms with Gasteiger partial charge in [-0.2, -0.15) is 0 Å². The average Bonchev–Trinajstić information content (AvgIpc) is 2.17. The summed E-state index contributed by atoms with van der Waals surface area (Å²) < 4.78 is 1.04. The van der Waals surface area contributed by atoms with E-state index in [1.165, 1.54) is 0 Å². The highest BCUT2D eigenvalue weighted by molar-refractivity contribution is 14.1. The van der Waals surface area contributed by atoms with Gasteiger partial charge in [0, 0.05) is 3.57 Å². The molecule has 5 heteroatoms. The van der Waals surface area contributed by atoms with Crippen LogP contribution in [0.15, 0.2) is 30.3 Å². The van der Waals surface area contributed by atoms with Gasteiger partial charge in [-0.15, -0.1) is 0 Å². The molecular formula is C10H7IN2O2. The number of rotatable bonds is 1. The third-order valence-corrected chi connectivity index (χ3v) is 2.84. The van der Waals surface area contributed by atoms with Gasteiger partial charge in [0.05, 0.1) is 10.3 Å². The van der Waals surface area contributed by atoms with Crippen LogP contribution in [0.25, 0.3) is 10.8 Å². The van der Waals surface area contributed by atoms with Crippen LogP contribution in [0.2, 0.25) is 0 Å². The summed E-state index contributed by atoms with van der Waals surface area (Å²) >= 11 is 2.16. The molecule has 0 aliphatic rings. The summed E-state index contributed by atoms with van der Waals surface area (Å²) in [6.07, 6.45) is 0. The number of fused-ring (bicyclic) bond motifs is 1. The molecule has 0 unspecified atom stereocenters. The Morgan fingerprint density at radius 1 is 1.27 bits per heavy atom. The highest BCUT2D eigenvalue weighted by atomic mass is 127. The Bertz CT molecular complexity index is 554. The lowest BCUT2D eigenvalue weighted by atomic mass is 10.1. The number of hydrogen-bond acceptors (Lipinski definition) is 3. The molecule has 0 saturated heterocycles. The Kier molecular flexibility index (Phi) is 2.47. The van der Waals surface area contributed by atoms with Crippen molar-refractivity contribution in [3.63, 3.8) is 0 Å². The number of hydrogen-bond donors (Lipinski definition) is 1. The number of nitrogen functional groups attached to an aromatic ring is 1. The third kappa shape index (κ3) is 1.74. The first-order valence-corrected chi connectivity index (χ1v) is 5.29. The molecule has 0 atom stereocenters. The molecule has 0 fully saturated rings. The number of nitro groups is 1. The van der Waals surface area contributed by atoms with E-state index in [-0.39, 0.29) is 11.4 Å². The van der Waals surface area contributed by atoms with Crippen molar-refractivity contribution in [3.8, 4) is 0 Å². The molecule has 76 valence electrons. The predicted octanol–water partition coefficient (Wildman–Crippen LogP) is 2.93. The first kappa shape index (κ1) is 10.2. The molecule has 0 bridgehead atoms. The minimum absolute atomic E-state index is 0.0103. The fraction of sp³-hybridized carbons (Fsp3) is 0. The Labute approximate surface area is 99.4 Å². The number of nitrogens with two attached hydrogens (primary N) is 1. The van der Waals surface area contributed by atoms with Crippen molar-refractivity contribution in [2.45, 2.75) is 0 Å². The van der Waals surface area contributed by atoms with Crippen LogP contribution in [0, 0.1) is 13.7 Å². The molecule has 2 aromatic rings. The molecule has 0 aliphatic carbocycles. The molecule has 0 saturated carbocycles. The van der Waals surface area contributed by atoms with Crippen molar-refractivity contribution >= 4 is 44.7 Å². The molecule has 0 spiro atoms. The van der Waals surface area contributed by atoms with Crippen LogP contribution in [0.4, 0.5) is 11.4 Å². The van der Waals surface area contributed by atoms with Gasteiger partial charge in [0.25, 0.3) is 5.69 Å². The van der Waals surface area contributed by atoms with E-state index in [9.17, 15) is 10.1 Å². The van der Waals surface area contributed by atoms with Gasteiger partial charge in [0.15, 0.2) is 0 Å². The van der Waals surface area contributed by atoms with E-state index in [0.29, 0.717) is 5.39 Å². The maximum absolute atomic E-state index is 10.8. The van der Waals surface area contributed by atoms with E-state index >= 15 is 0 Å². The first-order chi connectivity index (χ1) is 7.09. The smallest absolute Gasteiger partial charge is 0.299 e. The second-order valence-corrected chi connectivity index (χ2v) is 4.37. The summed E-state index contributed by atoms with van der Waals surface area (Å²) in [4.78, 5) is 10.4. The Morgan fingerprint density at radius 2 is 2.00 bits per heavy atom. The summed E-state index contributed by atoms with van der Waals surface area (Å²) in [6.45, 7) is 0. The van der Waals surface area contributed by atoms with Gasteiger partial charge in [-0.25, -0.2) is 0 Å². The normalized spacial score (nSPS) is 10.5. The third-order valence-electron chi connectivity index (χ3n) is 2.17. The zero-order chi connectivity index (χ0) is 11.0. The van der Waals surface area contributed by atoms with Crippen molar-refractivity contribution in [2.75, 3.05) is 5.73 Å². The largest absolute Gasteiger partial charge is 0.393 e. The molecule has 0 radical (unpaired) electrons. The van der Waals surface area contributed by atoms with Crippen LogP contribution in [0.5, 0.6) is 0 Å². The van der Waals surface area contributed by atoms with E-state index in [0.717, 1.165) is 8.96 Å². The average molecular weight is 314 g/mol. The lowest BCUT2D eigenvalue weighted by Crippen LogP contribution is -1.96. The summed E-state index contributed by atoms with van der Waals surface area (Å²) in [5.74, 6) is 0. The molecule has 0 aromatic heterocycles. The van der Waals surface area contributed by atoms with Gasteiger partial charge in [0.2, 0.25) is 0 Å². The maximum Gasteiger partial charge on any atom is 0.299 e. The summed E-state index contributed by atoms with van der Waals surface area (Å²) in [5.41, 5.74) is 5.77. The molecule has 4 nitrogen and oxygen atoms in total. The highest BCUT2D eigenvalue weighted by Gasteiger charge is 2.15. The van der Waals surface area contributed by atoms with Crippen LogP contribution < -0.4 is 5.73 Å². The monoisotopic (exact) mass is 314 g/mol. The van der Waals surface area contributed by atoms with E-state index < -0.39 is 4.92 Å². The summed E-state index contributed by atoms with van der Waals surface area (Å²) in [5, 5.41) is 12.3. The van der Waals surface area contributed by atoms with Gasteiger partial charge in [-0.3, -0.25) is 10.1 Å². The van der Waals surface area contributed by atoms with E-state index in [1.807, 2.05) is 12.1 Å². The molecule has 2 N–H and O–H groups in total. The van der Waals surface area contributed by atoms with Gasteiger partial charge < -0.3 is 5.73 Å². The first-order valence-electron chi connectivity index (χ1n) is 4.22. The number of nitro benzene ring substituents is 1. The molecule has 15 heavy (non-hydrogen) atoms. The van der Waals surface area contributed by atoms with Gasteiger partial charge >= 0.3 is 0 Å². The lowest BCUT2D eigenvalue weighted by Gasteiger charge is -2.02. The van der Waals surface area contributed by atoms with Gasteiger partial charge in [-0.05, 0) is 52.2 Å². The number of halogens is 1. The number of anilines is 1. The van der Waals surface area contributed by atoms with Crippen molar-refractivity contribution < 1.29 is 4.92 Å². The van der Waals surface area contributed by atoms with Crippen LogP contribution in [0.3, 0.4) is 0 Å². The van der Waals surface area contributed by atoms with E-state index in [1.54, 1.807) is 18.2 Å². The molecule has 2 aromatic carbocycles. The minimum Gasteiger partial charge on any atom is -0.393 e. The van der Waals surface area contributed by atoms with Gasteiger partial charge in [-0.1, -0.05) is 6.07 Å². The minimum atomic E-state index is -0.440. The second kappa shape index (κ2) is 3.65. The van der Waals surface area contributed by atoms with Crippen LogP contribution in [-0.4, -0.2) is 4.92 Å². The van der Waals surface area contributed by atoms with Crippen LogP contribution >= 0.6 is 22.6 Å². The second-order valence-electron chi connectivity index (χ2n) is 3.13. The van der Waals surface area contributed by atoms with Gasteiger partial charge in [0.1, 0.15) is 5.69 Å². The zero-order valence-corrected chi connectivity index (χ0v) is 9.76. The molecule has 2 rings (SSSR count). The summed E-state index contributed by atoms with van der Waals surface area (Å²) in [6, 6.07) is 8.81. The van der Waals surface area contributed by atoms with E-state index in [2.05, 4.69) is 22.6 Å². The van der Waals surface area contributed by atoms with Crippen molar-refractivity contribution in [1.82, 2.24) is 0 Å². The maximum atomic E-state index is 10.8. The van der Waals surface area contributed by atoms with E-state index in [4.69, 9.17) is 5.73 Å². The Balaban J connectivity index is 2.88. The predicted molar refractivity (Wildman–Crippen MR) is 67.7 cm³/mol. The number of benzene rings is 2. The Morgan fingerprint density at radius 3 is 2.67 bits per heavy atom. The topological polar surface area (TPSA) is 69.2 Å². The molecule has 0 aliphatic heterocycles. The molecular weight excluding hydrogens is 307 g/mol. The standard InChI is InChI=1S/C10H7IN2O2/c11-7-2-3-8-6(5-7)1-4-9(12)10(8)13(14)15/h1-5H,12H2. The van der Waals surface area contributed by atoms with Crippen molar-refractivity contribution in [2.24, 2.45) is 0 Å². The fourth-order valence-electron chi connectivity index (χ4n) is 1.50. The number of nitrogens with zero attached hydrogens (tertiary/aromatic N) is 1.